The lowest BCUT2D eigenvalue weighted by Crippen LogP contribution is -2.16. The molecule has 2 heteroatoms. The third-order valence-corrected chi connectivity index (χ3v) is 3.74. The zero-order valence-corrected chi connectivity index (χ0v) is 9.99. The highest BCUT2D eigenvalue weighted by molar-refractivity contribution is 5.87. The van der Waals surface area contributed by atoms with E-state index in [9.17, 15) is 5.11 Å². The quantitative estimate of drug-likeness (QED) is 0.534. The summed E-state index contributed by atoms with van der Waals surface area (Å²) in [6.45, 7) is 4.29. The number of phenolic OH excluding ortho intramolecular Hbond substituents is 1. The van der Waals surface area contributed by atoms with Crippen molar-refractivity contribution in [3.63, 3.8) is 0 Å². The van der Waals surface area contributed by atoms with Gasteiger partial charge in [0.25, 0.3) is 0 Å². The molecule has 3 rings (SSSR count). The lowest BCUT2D eigenvalue weighted by Gasteiger charge is -2.23. The van der Waals surface area contributed by atoms with Gasteiger partial charge in [0.05, 0.1) is 5.69 Å². The Kier molecular flexibility index (Phi) is 1.82. The normalized spacial score (nSPS) is 15.4. The molecule has 0 amide bonds. The van der Waals surface area contributed by atoms with Crippen molar-refractivity contribution < 1.29 is 5.11 Å². The van der Waals surface area contributed by atoms with E-state index in [-0.39, 0.29) is 11.2 Å². The van der Waals surface area contributed by atoms with E-state index in [1.165, 1.54) is 11.1 Å². The van der Waals surface area contributed by atoms with Crippen molar-refractivity contribution in [2.75, 3.05) is 5.73 Å². The predicted molar refractivity (Wildman–Crippen MR) is 70.1 cm³/mol. The molecular formula is C15H15NO. The number of phenols is 1. The Balaban J connectivity index is 2.44. The molecule has 2 aromatic carbocycles. The third-order valence-electron chi connectivity index (χ3n) is 3.74. The summed E-state index contributed by atoms with van der Waals surface area (Å²) in [6.07, 6.45) is 0. The van der Waals surface area contributed by atoms with Crippen LogP contribution in [0.1, 0.15) is 25.0 Å². The predicted octanol–water partition coefficient (Wildman–Crippen LogP) is 3.28. The molecular weight excluding hydrogens is 210 g/mol. The maximum absolute atomic E-state index is 9.77. The summed E-state index contributed by atoms with van der Waals surface area (Å²) < 4.78 is 0. The zero-order valence-electron chi connectivity index (χ0n) is 9.99. The Hall–Kier alpha value is -1.96. The molecule has 0 spiro atoms. The standard InChI is InChI=1S/C15H15NO/c1-15(2)11-6-4-3-5-9(11)10-7-8-12(17)14(16)13(10)15/h3-8,17H,16H2,1-2H3. The first kappa shape index (κ1) is 10.2. The molecule has 0 heterocycles. The van der Waals surface area contributed by atoms with Crippen LogP contribution >= 0.6 is 0 Å². The first-order valence-corrected chi connectivity index (χ1v) is 5.75. The van der Waals surface area contributed by atoms with E-state index >= 15 is 0 Å². The fourth-order valence-corrected chi connectivity index (χ4v) is 2.90. The van der Waals surface area contributed by atoms with Crippen LogP contribution in [0.15, 0.2) is 36.4 Å². The van der Waals surface area contributed by atoms with Crippen molar-refractivity contribution in [1.82, 2.24) is 0 Å². The summed E-state index contributed by atoms with van der Waals surface area (Å²) >= 11 is 0. The van der Waals surface area contributed by atoms with Crippen LogP contribution in [-0.4, -0.2) is 5.11 Å². The van der Waals surface area contributed by atoms with Crippen molar-refractivity contribution in [3.8, 4) is 16.9 Å². The Bertz CT molecular complexity index is 614. The summed E-state index contributed by atoms with van der Waals surface area (Å²) in [6, 6.07) is 11.9. The molecule has 0 aliphatic heterocycles. The molecule has 0 aromatic heterocycles. The van der Waals surface area contributed by atoms with Gasteiger partial charge in [-0.3, -0.25) is 0 Å². The minimum Gasteiger partial charge on any atom is -0.506 e. The van der Waals surface area contributed by atoms with Crippen molar-refractivity contribution in [2.45, 2.75) is 19.3 Å². The van der Waals surface area contributed by atoms with Gasteiger partial charge in [0.2, 0.25) is 0 Å². The minimum absolute atomic E-state index is 0.144. The summed E-state index contributed by atoms with van der Waals surface area (Å²) in [5, 5.41) is 9.77. The van der Waals surface area contributed by atoms with E-state index in [2.05, 4.69) is 26.0 Å². The fraction of sp³-hybridized carbons (Fsp3) is 0.200. The highest BCUT2D eigenvalue weighted by atomic mass is 16.3. The SMILES string of the molecule is CC1(C)c2ccccc2-c2ccc(O)c(N)c21. The minimum atomic E-state index is -0.144. The van der Waals surface area contributed by atoms with E-state index in [1.54, 1.807) is 6.07 Å². The molecule has 17 heavy (non-hydrogen) atoms. The molecule has 0 radical (unpaired) electrons. The molecule has 0 saturated carbocycles. The van der Waals surface area contributed by atoms with E-state index in [0.29, 0.717) is 5.69 Å². The number of nitrogen functional groups attached to an aromatic ring is 1. The van der Waals surface area contributed by atoms with Gasteiger partial charge in [-0.15, -0.1) is 0 Å². The highest BCUT2D eigenvalue weighted by Gasteiger charge is 2.37. The summed E-state index contributed by atoms with van der Waals surface area (Å²) in [4.78, 5) is 0. The topological polar surface area (TPSA) is 46.2 Å². The first-order valence-electron chi connectivity index (χ1n) is 5.75. The van der Waals surface area contributed by atoms with Gasteiger partial charge >= 0.3 is 0 Å². The first-order chi connectivity index (χ1) is 8.03. The van der Waals surface area contributed by atoms with Gasteiger partial charge in [-0.05, 0) is 28.3 Å². The molecule has 0 atom stereocenters. The second-order valence-corrected chi connectivity index (χ2v) is 5.09. The van der Waals surface area contributed by atoms with Crippen LogP contribution in [0, 0.1) is 0 Å². The van der Waals surface area contributed by atoms with Gasteiger partial charge in [-0.1, -0.05) is 44.2 Å². The summed E-state index contributed by atoms with van der Waals surface area (Å²) in [5.74, 6) is 0.171. The number of fused-ring (bicyclic) bond motifs is 3. The smallest absolute Gasteiger partial charge is 0.138 e. The average molecular weight is 225 g/mol. The number of hydrogen-bond acceptors (Lipinski definition) is 2. The summed E-state index contributed by atoms with van der Waals surface area (Å²) in [5.41, 5.74) is 11.1. The molecule has 3 N–H and O–H groups in total. The van der Waals surface area contributed by atoms with Crippen molar-refractivity contribution in [1.29, 1.82) is 0 Å². The van der Waals surface area contributed by atoms with Crippen LogP contribution in [0.5, 0.6) is 5.75 Å². The van der Waals surface area contributed by atoms with Crippen LogP contribution in [0.2, 0.25) is 0 Å². The molecule has 1 aliphatic rings. The average Bonchev–Trinajstić information content (AvgIpc) is 2.54. The van der Waals surface area contributed by atoms with Gasteiger partial charge in [0, 0.05) is 5.41 Å². The highest BCUT2D eigenvalue weighted by Crippen LogP contribution is 2.52. The van der Waals surface area contributed by atoms with E-state index in [1.807, 2.05) is 18.2 Å². The molecule has 86 valence electrons. The van der Waals surface area contributed by atoms with E-state index in [4.69, 9.17) is 5.73 Å². The van der Waals surface area contributed by atoms with Gasteiger partial charge in [-0.25, -0.2) is 0 Å². The molecule has 0 fully saturated rings. The largest absolute Gasteiger partial charge is 0.506 e. The number of hydrogen-bond donors (Lipinski definition) is 2. The maximum atomic E-state index is 9.77. The van der Waals surface area contributed by atoms with Gasteiger partial charge in [0.1, 0.15) is 5.75 Å². The summed E-state index contributed by atoms with van der Waals surface area (Å²) in [7, 11) is 0. The van der Waals surface area contributed by atoms with Crippen molar-refractivity contribution in [2.24, 2.45) is 0 Å². The van der Waals surface area contributed by atoms with Crippen molar-refractivity contribution in [3.05, 3.63) is 47.5 Å². The Morgan fingerprint density at radius 3 is 2.47 bits per heavy atom. The van der Waals surface area contributed by atoms with Crippen LogP contribution in [0.3, 0.4) is 0 Å². The molecule has 2 aromatic rings. The molecule has 0 unspecified atom stereocenters. The lowest BCUT2D eigenvalue weighted by molar-refractivity contribution is 0.476. The zero-order chi connectivity index (χ0) is 12.2. The van der Waals surface area contributed by atoms with Gasteiger partial charge in [0.15, 0.2) is 0 Å². The van der Waals surface area contributed by atoms with Crippen molar-refractivity contribution >= 4 is 5.69 Å². The number of nitrogens with two attached hydrogens (primary N) is 1. The lowest BCUT2D eigenvalue weighted by atomic mass is 9.81. The fourth-order valence-electron chi connectivity index (χ4n) is 2.90. The second kappa shape index (κ2) is 3.04. The molecule has 1 aliphatic carbocycles. The van der Waals surface area contributed by atoms with Gasteiger partial charge < -0.3 is 10.8 Å². The van der Waals surface area contributed by atoms with Crippen LogP contribution in [-0.2, 0) is 5.41 Å². The maximum Gasteiger partial charge on any atom is 0.138 e. The van der Waals surface area contributed by atoms with Gasteiger partial charge in [-0.2, -0.15) is 0 Å². The Morgan fingerprint density at radius 1 is 1.00 bits per heavy atom. The number of rotatable bonds is 0. The van der Waals surface area contributed by atoms with Crippen LogP contribution in [0.25, 0.3) is 11.1 Å². The van der Waals surface area contributed by atoms with E-state index in [0.717, 1.165) is 11.1 Å². The monoisotopic (exact) mass is 225 g/mol. The molecule has 2 nitrogen and oxygen atoms in total. The third kappa shape index (κ3) is 1.15. The Morgan fingerprint density at radius 2 is 1.71 bits per heavy atom. The Labute approximate surface area is 101 Å². The molecule has 0 bridgehead atoms. The number of benzene rings is 2. The molecule has 0 saturated heterocycles. The van der Waals surface area contributed by atoms with Crippen LogP contribution < -0.4 is 5.73 Å². The number of aromatic hydroxyl groups is 1. The number of anilines is 1. The second-order valence-electron chi connectivity index (χ2n) is 5.09. The van der Waals surface area contributed by atoms with Crippen LogP contribution in [0.4, 0.5) is 5.69 Å². The van der Waals surface area contributed by atoms with E-state index < -0.39 is 0 Å².